The summed E-state index contributed by atoms with van der Waals surface area (Å²) >= 11 is 1.43. The minimum Gasteiger partial charge on any atom is -0.480 e. The zero-order valence-electron chi connectivity index (χ0n) is 8.36. The third kappa shape index (κ3) is 6.73. The number of thioether (sulfide) groups is 1. The fraction of sp³-hybridized carbons (Fsp3) is 0.750. The molecular formula is C8H15NO4S. The maximum absolute atomic E-state index is 11.2. The fourth-order valence-electron chi connectivity index (χ4n) is 0.703. The van der Waals surface area contributed by atoms with Crippen LogP contribution in [0.1, 0.15) is 0 Å². The first-order valence-corrected chi connectivity index (χ1v) is 5.25. The lowest BCUT2D eigenvalue weighted by Gasteiger charge is -2.13. The van der Waals surface area contributed by atoms with Gasteiger partial charge in [0.2, 0.25) is 5.91 Å². The van der Waals surface area contributed by atoms with E-state index in [9.17, 15) is 9.59 Å². The average Bonchev–Trinajstić information content (AvgIpc) is 2.11. The van der Waals surface area contributed by atoms with E-state index in [4.69, 9.17) is 9.84 Å². The van der Waals surface area contributed by atoms with Gasteiger partial charge in [-0.05, 0) is 0 Å². The van der Waals surface area contributed by atoms with Gasteiger partial charge in [0.05, 0.1) is 12.4 Å². The number of carbonyl (C=O) groups excluding carboxylic acids is 1. The van der Waals surface area contributed by atoms with Gasteiger partial charge in [0.25, 0.3) is 0 Å². The van der Waals surface area contributed by atoms with Crippen LogP contribution in [-0.2, 0) is 14.3 Å². The molecule has 0 atom stereocenters. The van der Waals surface area contributed by atoms with Crippen LogP contribution < -0.4 is 0 Å². The Kier molecular flexibility index (Phi) is 7.23. The van der Waals surface area contributed by atoms with E-state index in [0.29, 0.717) is 12.4 Å². The van der Waals surface area contributed by atoms with Gasteiger partial charge >= 0.3 is 5.97 Å². The molecule has 14 heavy (non-hydrogen) atoms. The number of carboxylic acids is 1. The van der Waals surface area contributed by atoms with E-state index < -0.39 is 5.97 Å². The summed E-state index contributed by atoms with van der Waals surface area (Å²) in [7, 11) is 3.08. The summed E-state index contributed by atoms with van der Waals surface area (Å²) in [6.07, 6.45) is 0. The summed E-state index contributed by atoms with van der Waals surface area (Å²) in [6.45, 7) is 0.351. The van der Waals surface area contributed by atoms with Crippen molar-refractivity contribution in [3.8, 4) is 0 Å². The monoisotopic (exact) mass is 221 g/mol. The number of amides is 1. The second-order valence-corrected chi connectivity index (χ2v) is 3.79. The predicted molar refractivity (Wildman–Crippen MR) is 54.5 cm³/mol. The molecule has 0 spiro atoms. The van der Waals surface area contributed by atoms with Crippen LogP contribution in [0.3, 0.4) is 0 Å². The molecule has 0 aromatic rings. The summed E-state index contributed by atoms with van der Waals surface area (Å²) in [5, 5.41) is 8.42. The van der Waals surface area contributed by atoms with Crippen molar-refractivity contribution in [2.75, 3.05) is 38.8 Å². The lowest BCUT2D eigenvalue weighted by molar-refractivity contribution is -0.142. The lowest BCUT2D eigenvalue weighted by Crippen LogP contribution is -2.33. The Balaban J connectivity index is 3.57. The topological polar surface area (TPSA) is 66.8 Å². The Morgan fingerprint density at radius 2 is 2.14 bits per heavy atom. The summed E-state index contributed by atoms with van der Waals surface area (Å²) in [5.74, 6) is -0.132. The van der Waals surface area contributed by atoms with Crippen molar-refractivity contribution in [3.63, 3.8) is 0 Å². The molecule has 0 unspecified atom stereocenters. The minimum atomic E-state index is -0.997. The van der Waals surface area contributed by atoms with Crippen LogP contribution in [0.15, 0.2) is 0 Å². The predicted octanol–water partition coefficient (Wildman–Crippen LogP) is -0.0910. The van der Waals surface area contributed by atoms with Gasteiger partial charge in [0, 0.05) is 19.9 Å². The van der Waals surface area contributed by atoms with E-state index in [1.165, 1.54) is 23.7 Å². The molecule has 0 aliphatic carbocycles. The molecule has 5 nitrogen and oxygen atoms in total. The highest BCUT2D eigenvalue weighted by molar-refractivity contribution is 7.99. The molecule has 0 heterocycles. The van der Waals surface area contributed by atoms with E-state index in [-0.39, 0.29) is 12.5 Å². The molecule has 0 aromatic heterocycles. The van der Waals surface area contributed by atoms with Crippen molar-refractivity contribution in [2.45, 2.75) is 0 Å². The van der Waals surface area contributed by atoms with Crippen molar-refractivity contribution in [1.82, 2.24) is 4.90 Å². The number of aliphatic carboxylic acids is 1. The van der Waals surface area contributed by atoms with E-state index in [0.717, 1.165) is 5.75 Å². The van der Waals surface area contributed by atoms with Crippen molar-refractivity contribution in [1.29, 1.82) is 0 Å². The molecule has 82 valence electrons. The van der Waals surface area contributed by atoms with Crippen LogP contribution in [0.5, 0.6) is 0 Å². The smallest absolute Gasteiger partial charge is 0.323 e. The number of ether oxygens (including phenoxy) is 1. The van der Waals surface area contributed by atoms with Crippen LogP contribution in [0.2, 0.25) is 0 Å². The number of likely N-dealkylation sites (N-methyl/N-ethyl adjacent to an activating group) is 1. The van der Waals surface area contributed by atoms with Crippen LogP contribution >= 0.6 is 11.8 Å². The number of carbonyl (C=O) groups is 2. The molecule has 1 N–H and O–H groups in total. The zero-order chi connectivity index (χ0) is 11.0. The summed E-state index contributed by atoms with van der Waals surface area (Å²) in [4.78, 5) is 22.7. The highest BCUT2D eigenvalue weighted by Crippen LogP contribution is 2.01. The van der Waals surface area contributed by atoms with E-state index in [2.05, 4.69) is 0 Å². The third-order valence-electron chi connectivity index (χ3n) is 1.46. The van der Waals surface area contributed by atoms with Crippen molar-refractivity contribution >= 4 is 23.6 Å². The molecule has 0 aliphatic rings. The molecule has 0 aliphatic heterocycles. The van der Waals surface area contributed by atoms with Crippen molar-refractivity contribution < 1.29 is 19.4 Å². The van der Waals surface area contributed by atoms with Gasteiger partial charge < -0.3 is 14.7 Å². The average molecular weight is 221 g/mol. The highest BCUT2D eigenvalue weighted by Gasteiger charge is 2.11. The van der Waals surface area contributed by atoms with E-state index >= 15 is 0 Å². The van der Waals surface area contributed by atoms with Crippen LogP contribution in [-0.4, -0.2) is 60.7 Å². The Bertz CT molecular complexity index is 198. The first-order valence-electron chi connectivity index (χ1n) is 4.10. The Hall–Kier alpha value is -0.750. The third-order valence-corrected chi connectivity index (χ3v) is 2.36. The van der Waals surface area contributed by atoms with Crippen LogP contribution in [0.4, 0.5) is 0 Å². The van der Waals surface area contributed by atoms with Gasteiger partial charge in [-0.2, -0.15) is 0 Å². The number of carboxylic acid groups (broad SMARTS) is 1. The number of hydrogen-bond acceptors (Lipinski definition) is 4. The number of nitrogens with zero attached hydrogens (tertiary/aromatic N) is 1. The maximum atomic E-state index is 11.2. The lowest BCUT2D eigenvalue weighted by atomic mass is 10.5. The van der Waals surface area contributed by atoms with Crippen molar-refractivity contribution in [2.24, 2.45) is 0 Å². The van der Waals surface area contributed by atoms with E-state index in [1.807, 2.05) is 0 Å². The molecule has 0 rings (SSSR count). The quantitative estimate of drug-likeness (QED) is 0.608. The molecule has 0 aromatic carbocycles. The molecule has 0 saturated heterocycles. The second-order valence-electron chi connectivity index (χ2n) is 2.69. The Labute approximate surface area is 87.4 Å². The van der Waals surface area contributed by atoms with Crippen LogP contribution in [0.25, 0.3) is 0 Å². The first-order chi connectivity index (χ1) is 6.57. The summed E-state index contributed by atoms with van der Waals surface area (Å²) in [6, 6.07) is 0. The van der Waals surface area contributed by atoms with Gasteiger partial charge in [-0.3, -0.25) is 9.59 Å². The minimum absolute atomic E-state index is 0.173. The standard InChI is InChI=1S/C8H15NO4S/c1-9(5-8(11)12)7(10)6-14-4-3-13-2/h3-6H2,1-2H3,(H,11,12). The van der Waals surface area contributed by atoms with Gasteiger partial charge in [-0.1, -0.05) is 0 Å². The highest BCUT2D eigenvalue weighted by atomic mass is 32.2. The normalized spacial score (nSPS) is 9.86. The second kappa shape index (κ2) is 7.64. The summed E-state index contributed by atoms with van der Waals surface area (Å²) in [5.41, 5.74) is 0. The van der Waals surface area contributed by atoms with Gasteiger partial charge in [0.1, 0.15) is 6.54 Å². The molecule has 0 radical (unpaired) electrons. The SMILES string of the molecule is COCCSCC(=O)N(C)CC(=O)O. The Morgan fingerprint density at radius 1 is 1.50 bits per heavy atom. The number of methoxy groups -OCH3 is 1. The first kappa shape index (κ1) is 13.2. The molecular weight excluding hydrogens is 206 g/mol. The summed E-state index contributed by atoms with van der Waals surface area (Å²) < 4.78 is 4.81. The van der Waals surface area contributed by atoms with Gasteiger partial charge in [-0.15, -0.1) is 11.8 Å². The molecule has 0 bridgehead atoms. The molecule has 0 fully saturated rings. The molecule has 0 saturated carbocycles. The van der Waals surface area contributed by atoms with Crippen LogP contribution in [0, 0.1) is 0 Å². The van der Waals surface area contributed by atoms with E-state index in [1.54, 1.807) is 7.11 Å². The van der Waals surface area contributed by atoms with Gasteiger partial charge in [0.15, 0.2) is 0 Å². The number of rotatable bonds is 7. The number of hydrogen-bond donors (Lipinski definition) is 1. The fourth-order valence-corrected chi connectivity index (χ4v) is 1.53. The molecule has 6 heteroatoms. The maximum Gasteiger partial charge on any atom is 0.323 e. The largest absolute Gasteiger partial charge is 0.480 e. The van der Waals surface area contributed by atoms with Crippen molar-refractivity contribution in [3.05, 3.63) is 0 Å². The molecule has 1 amide bonds. The van der Waals surface area contributed by atoms with Gasteiger partial charge in [-0.25, -0.2) is 0 Å². The zero-order valence-corrected chi connectivity index (χ0v) is 9.17. The Morgan fingerprint density at radius 3 is 2.64 bits per heavy atom.